The molecule has 1 atom stereocenters. The van der Waals surface area contributed by atoms with E-state index < -0.39 is 15.8 Å². The Labute approximate surface area is 128 Å². The first-order valence-electron chi connectivity index (χ1n) is 7.03. The Bertz CT molecular complexity index is 771. The maximum atomic E-state index is 13.7. The van der Waals surface area contributed by atoms with Crippen molar-refractivity contribution in [2.45, 2.75) is 23.8 Å². The fraction of sp³-hybridized carbons (Fsp3) is 0.357. The van der Waals surface area contributed by atoms with Gasteiger partial charge in [0.25, 0.3) is 0 Å². The van der Waals surface area contributed by atoms with E-state index in [9.17, 15) is 12.8 Å². The first kappa shape index (κ1) is 15.1. The van der Waals surface area contributed by atoms with Crippen LogP contribution < -0.4 is 10.5 Å². The van der Waals surface area contributed by atoms with E-state index in [0.717, 1.165) is 12.8 Å². The first-order chi connectivity index (χ1) is 10.5. The summed E-state index contributed by atoms with van der Waals surface area (Å²) in [6.07, 6.45) is 4.47. The zero-order valence-electron chi connectivity index (χ0n) is 11.8. The fourth-order valence-electron chi connectivity index (χ4n) is 2.32. The predicted molar refractivity (Wildman–Crippen MR) is 79.4 cm³/mol. The van der Waals surface area contributed by atoms with Crippen LogP contribution in [0.5, 0.6) is 0 Å². The molecule has 0 saturated heterocycles. The van der Waals surface area contributed by atoms with E-state index in [-0.39, 0.29) is 23.2 Å². The topological polar surface area (TPSA) is 90.0 Å². The molecule has 6 nitrogen and oxygen atoms in total. The standard InChI is InChI=1S/C14H17FN4O2S/c15-12-3-1-2-4-14(12)19-9-11(8-17-19)22(20,21)18-13(7-16)10-5-6-10/h1-4,8-10,13,18H,5-7,16H2. The third-order valence-electron chi connectivity index (χ3n) is 3.72. The molecule has 1 aliphatic rings. The molecule has 0 radical (unpaired) electrons. The molecule has 1 heterocycles. The van der Waals surface area contributed by atoms with Crippen LogP contribution in [0.15, 0.2) is 41.6 Å². The molecule has 0 amide bonds. The van der Waals surface area contributed by atoms with Crippen molar-refractivity contribution < 1.29 is 12.8 Å². The molecule has 2 aromatic rings. The molecule has 1 aromatic heterocycles. The summed E-state index contributed by atoms with van der Waals surface area (Å²) in [7, 11) is -3.71. The SMILES string of the molecule is NCC(NS(=O)(=O)c1cnn(-c2ccccc2F)c1)C1CC1. The number of nitrogens with two attached hydrogens (primary N) is 1. The average Bonchev–Trinajstić information content (AvgIpc) is 3.21. The summed E-state index contributed by atoms with van der Waals surface area (Å²) in [5.41, 5.74) is 5.81. The van der Waals surface area contributed by atoms with Crippen molar-refractivity contribution in [1.29, 1.82) is 0 Å². The van der Waals surface area contributed by atoms with Gasteiger partial charge in [0.05, 0.1) is 12.4 Å². The van der Waals surface area contributed by atoms with Crippen LogP contribution in [0.1, 0.15) is 12.8 Å². The molecule has 8 heteroatoms. The Morgan fingerprint density at radius 1 is 1.41 bits per heavy atom. The van der Waals surface area contributed by atoms with Crippen LogP contribution in [-0.2, 0) is 10.0 Å². The first-order valence-corrected chi connectivity index (χ1v) is 8.51. The third-order valence-corrected chi connectivity index (χ3v) is 5.16. The third kappa shape index (κ3) is 3.03. The van der Waals surface area contributed by atoms with Gasteiger partial charge in [-0.15, -0.1) is 0 Å². The minimum atomic E-state index is -3.71. The van der Waals surface area contributed by atoms with Crippen LogP contribution in [0.2, 0.25) is 0 Å². The number of benzene rings is 1. The number of para-hydroxylation sites is 1. The van der Waals surface area contributed by atoms with Gasteiger partial charge in [-0.1, -0.05) is 12.1 Å². The molecule has 1 aliphatic carbocycles. The van der Waals surface area contributed by atoms with E-state index in [1.807, 2.05) is 0 Å². The second-order valence-electron chi connectivity index (χ2n) is 5.37. The Hall–Kier alpha value is -1.77. The highest BCUT2D eigenvalue weighted by atomic mass is 32.2. The van der Waals surface area contributed by atoms with Gasteiger partial charge < -0.3 is 5.73 Å². The fourth-order valence-corrected chi connectivity index (χ4v) is 3.56. The van der Waals surface area contributed by atoms with Gasteiger partial charge in [0.1, 0.15) is 16.4 Å². The van der Waals surface area contributed by atoms with Gasteiger partial charge in [-0.3, -0.25) is 0 Å². The van der Waals surface area contributed by atoms with E-state index in [1.165, 1.54) is 29.2 Å². The van der Waals surface area contributed by atoms with Crippen molar-refractivity contribution in [3.05, 3.63) is 42.5 Å². The van der Waals surface area contributed by atoms with E-state index in [0.29, 0.717) is 5.92 Å². The van der Waals surface area contributed by atoms with E-state index in [4.69, 9.17) is 5.73 Å². The minimum absolute atomic E-state index is 0.00477. The highest BCUT2D eigenvalue weighted by Gasteiger charge is 2.33. The van der Waals surface area contributed by atoms with E-state index in [2.05, 4.69) is 9.82 Å². The van der Waals surface area contributed by atoms with Crippen LogP contribution in [0.4, 0.5) is 4.39 Å². The van der Waals surface area contributed by atoms with Gasteiger partial charge in [0.2, 0.25) is 10.0 Å². The van der Waals surface area contributed by atoms with Gasteiger partial charge in [0, 0.05) is 12.6 Å². The molecule has 0 aliphatic heterocycles. The lowest BCUT2D eigenvalue weighted by molar-refractivity contribution is 0.519. The summed E-state index contributed by atoms with van der Waals surface area (Å²) in [4.78, 5) is -0.00477. The van der Waals surface area contributed by atoms with E-state index in [1.54, 1.807) is 12.1 Å². The molecule has 1 fully saturated rings. The van der Waals surface area contributed by atoms with Gasteiger partial charge in [0.15, 0.2) is 0 Å². The maximum Gasteiger partial charge on any atom is 0.244 e. The highest BCUT2D eigenvalue weighted by molar-refractivity contribution is 7.89. The van der Waals surface area contributed by atoms with Crippen molar-refractivity contribution in [2.75, 3.05) is 6.54 Å². The molecule has 0 bridgehead atoms. The number of aromatic nitrogens is 2. The van der Waals surface area contributed by atoms with Crippen LogP contribution in [-0.4, -0.2) is 30.8 Å². The number of hydrogen-bond acceptors (Lipinski definition) is 4. The molecule has 22 heavy (non-hydrogen) atoms. The molecule has 3 rings (SSSR count). The summed E-state index contributed by atoms with van der Waals surface area (Å²) < 4.78 is 42.2. The molecule has 1 saturated carbocycles. The quantitative estimate of drug-likeness (QED) is 0.830. The predicted octanol–water partition coefficient (Wildman–Crippen LogP) is 1.03. The number of hydrogen-bond donors (Lipinski definition) is 2. The number of rotatable bonds is 6. The normalized spacial score (nSPS) is 16.6. The Kier molecular flexibility index (Phi) is 3.98. The van der Waals surface area contributed by atoms with Crippen molar-refractivity contribution in [1.82, 2.24) is 14.5 Å². The van der Waals surface area contributed by atoms with Crippen molar-refractivity contribution >= 4 is 10.0 Å². The largest absolute Gasteiger partial charge is 0.329 e. The van der Waals surface area contributed by atoms with Crippen LogP contribution in [0.3, 0.4) is 0 Å². The lowest BCUT2D eigenvalue weighted by Crippen LogP contribution is -2.41. The van der Waals surface area contributed by atoms with Crippen molar-refractivity contribution in [3.63, 3.8) is 0 Å². The molecule has 1 unspecified atom stereocenters. The molecule has 118 valence electrons. The van der Waals surface area contributed by atoms with Crippen molar-refractivity contribution in [2.24, 2.45) is 11.7 Å². The highest BCUT2D eigenvalue weighted by Crippen LogP contribution is 2.32. The molecular weight excluding hydrogens is 307 g/mol. The van der Waals surface area contributed by atoms with Gasteiger partial charge >= 0.3 is 0 Å². The average molecular weight is 324 g/mol. The number of sulfonamides is 1. The van der Waals surface area contributed by atoms with Gasteiger partial charge in [-0.05, 0) is 30.9 Å². The smallest absolute Gasteiger partial charge is 0.244 e. The number of halogens is 1. The monoisotopic (exact) mass is 324 g/mol. The molecule has 3 N–H and O–H groups in total. The Balaban J connectivity index is 1.85. The van der Waals surface area contributed by atoms with Gasteiger partial charge in [-0.2, -0.15) is 5.10 Å². The Morgan fingerprint density at radius 3 is 2.77 bits per heavy atom. The summed E-state index contributed by atoms with van der Waals surface area (Å²) >= 11 is 0. The second-order valence-corrected chi connectivity index (χ2v) is 7.09. The maximum absolute atomic E-state index is 13.7. The summed E-state index contributed by atoms with van der Waals surface area (Å²) in [5.74, 6) is -0.165. The summed E-state index contributed by atoms with van der Waals surface area (Å²) in [5, 5.41) is 3.93. The van der Waals surface area contributed by atoms with E-state index >= 15 is 0 Å². The lowest BCUT2D eigenvalue weighted by atomic mass is 10.2. The molecular formula is C14H17FN4O2S. The number of nitrogens with zero attached hydrogens (tertiary/aromatic N) is 2. The second kappa shape index (κ2) is 5.79. The summed E-state index contributed by atoms with van der Waals surface area (Å²) in [6, 6.07) is 5.77. The van der Waals surface area contributed by atoms with Crippen LogP contribution in [0, 0.1) is 11.7 Å². The van der Waals surface area contributed by atoms with Gasteiger partial charge in [-0.25, -0.2) is 22.2 Å². The number of nitrogens with one attached hydrogen (secondary N) is 1. The Morgan fingerprint density at radius 2 is 2.14 bits per heavy atom. The molecule has 0 spiro atoms. The zero-order valence-corrected chi connectivity index (χ0v) is 12.6. The summed E-state index contributed by atoms with van der Waals surface area (Å²) in [6.45, 7) is 0.255. The lowest BCUT2D eigenvalue weighted by Gasteiger charge is -2.15. The zero-order chi connectivity index (χ0) is 15.7. The minimum Gasteiger partial charge on any atom is -0.329 e. The van der Waals surface area contributed by atoms with Crippen LogP contribution in [0.25, 0.3) is 5.69 Å². The van der Waals surface area contributed by atoms with Crippen LogP contribution >= 0.6 is 0 Å². The van der Waals surface area contributed by atoms with Crippen molar-refractivity contribution in [3.8, 4) is 5.69 Å². The molecule has 1 aromatic carbocycles.